The van der Waals surface area contributed by atoms with Crippen molar-refractivity contribution in [1.82, 2.24) is 16.0 Å². The first kappa shape index (κ1) is 109. The molecule has 5 heterocycles. The predicted molar refractivity (Wildman–Crippen MR) is 436 cm³/mol. The number of nitrogens with one attached hydrogen (secondary N) is 3. The Morgan fingerprint density at radius 1 is 0.434 bits per heavy atom. The molecule has 5 saturated heterocycles. The zero-order chi connectivity index (χ0) is 90.1. The Morgan fingerprint density at radius 2 is 0.844 bits per heavy atom. The fourth-order valence-corrected chi connectivity index (χ4v) is 17.0. The van der Waals surface area contributed by atoms with Gasteiger partial charge < -0.3 is 160 Å². The number of aliphatic hydroxyl groups excluding tert-OH is 16. The van der Waals surface area contributed by atoms with Gasteiger partial charge in [-0.05, 0) is 19.8 Å². The molecule has 0 aliphatic carbocycles. The number of hydrogen-bond donors (Lipinski definition) is 21. The summed E-state index contributed by atoms with van der Waals surface area (Å²) in [5.41, 5.74) is 0. The molecule has 5 aliphatic heterocycles. The number of carbonyl (C=O) groups excluding carboxylic acids is 4. The molecule has 5 aliphatic rings. The molecule has 0 spiro atoms. The Labute approximate surface area is 717 Å². The van der Waals surface area contributed by atoms with Crippen LogP contribution in [0.5, 0.6) is 0 Å². The average Bonchev–Trinajstić information content (AvgIpc) is 0.745. The summed E-state index contributed by atoms with van der Waals surface area (Å²) in [6.07, 6.45) is -12.7. The number of unbranched alkanes of at least 4 members (excludes halogenated alkanes) is 32. The third-order valence-electron chi connectivity index (χ3n) is 24.1. The molecule has 0 saturated carbocycles. The van der Waals surface area contributed by atoms with Gasteiger partial charge in [-0.15, -0.1) is 0 Å². The van der Waals surface area contributed by atoms with Crippen molar-refractivity contribution in [3.8, 4) is 0 Å². The van der Waals surface area contributed by atoms with Crippen LogP contribution in [-0.4, -0.2) is 338 Å². The number of aliphatic hydroxyl groups is 16. The predicted octanol–water partition coefficient (Wildman–Crippen LogP) is 1.96. The van der Waals surface area contributed by atoms with Crippen LogP contribution in [0.1, 0.15) is 285 Å². The molecule has 29 atom stereocenters. The van der Waals surface area contributed by atoms with Crippen LogP contribution in [-0.2, 0) is 76.1 Å². The van der Waals surface area contributed by atoms with E-state index in [0.717, 1.165) is 85.0 Å². The molecule has 0 aromatic heterocycles. The van der Waals surface area contributed by atoms with Crippen molar-refractivity contribution in [2.24, 2.45) is 5.92 Å². The minimum Gasteiger partial charge on any atom is -0.477 e. The van der Waals surface area contributed by atoms with Gasteiger partial charge in [0.15, 0.2) is 18.9 Å². The quantitative estimate of drug-likeness (QED) is 0.0387. The highest BCUT2D eigenvalue weighted by atomic mass is 16.8. The Bertz CT molecular complexity index is 2920. The van der Waals surface area contributed by atoms with Crippen molar-refractivity contribution in [2.75, 3.05) is 39.6 Å². The molecule has 0 radical (unpaired) electrons. The SMILES string of the molecule is CCCCCCCCCCCCCCCCCCCCCCCC(=O)NC(COC1OC(CO)C(OC2OC(CO)C(OC3OC(CO)C(O)C(O)C3CC(C)=O)C(OC3(C(=O)O)CC(O)C(NC(C)=O)C(C(O)C(CO)OC4(C(=O)O)CC(O)C(NC(C)=O)C(C(O)C(O)CO)O4)O3)C2O)C(O)C1O)C(O)CCCCCCCCCCCCCCC. The molecule has 0 bridgehead atoms. The van der Waals surface area contributed by atoms with Crippen molar-refractivity contribution in [2.45, 2.75) is 456 Å². The van der Waals surface area contributed by atoms with E-state index in [2.05, 4.69) is 29.8 Å². The zero-order valence-corrected chi connectivity index (χ0v) is 72.5. The highest BCUT2D eigenvalue weighted by molar-refractivity contribution is 5.78. The summed E-state index contributed by atoms with van der Waals surface area (Å²) in [7, 11) is 0. The highest BCUT2D eigenvalue weighted by Crippen LogP contribution is 2.43. The van der Waals surface area contributed by atoms with Gasteiger partial charge in [0.1, 0.15) is 103 Å². The standard InChI is InChI=1S/C85H153N3O34/c1-6-8-10-12-14-16-18-20-21-22-23-24-25-26-27-29-31-33-35-37-39-41-64(101)88-55(56(97)40-38-36-34-32-30-28-19-17-15-13-11-9-7-2)50-113-80-72(107)71(106)74(62(48-92)115-80)117-81-73(108)78(75(63(49-93)116-81)118-79-54(42-51(3)94)67(102)69(104)60(46-90)114-79)122-85(83(111)112)44-58(99)66(87-53(5)96)77(121-85)70(105)61(47-91)119-84(82(109)110)43-57(98)65(86-52(4)95)76(120-84)68(103)59(100)45-89/h54-63,65-81,89-93,97-100,102-108H,6-50H2,1-5H3,(H,86,95)(H,87,96)(H,88,101)(H,109,110)(H,111,112). The number of carbonyl (C=O) groups is 6. The summed E-state index contributed by atoms with van der Waals surface area (Å²) < 4.78 is 60.3. The molecule has 0 aromatic rings. The van der Waals surface area contributed by atoms with Crippen molar-refractivity contribution in [3.05, 3.63) is 0 Å². The second-order valence-electron chi connectivity index (χ2n) is 34.3. The van der Waals surface area contributed by atoms with E-state index in [1.807, 2.05) is 0 Å². The molecular weight excluding hydrogens is 1610 g/mol. The smallest absolute Gasteiger partial charge is 0.364 e. The summed E-state index contributed by atoms with van der Waals surface area (Å²) in [6, 6.07) is -4.87. The minimum absolute atomic E-state index is 0.140. The second kappa shape index (κ2) is 57.8. The van der Waals surface area contributed by atoms with E-state index < -0.39 is 265 Å². The van der Waals surface area contributed by atoms with Gasteiger partial charge in [0, 0.05) is 45.4 Å². The number of rotatable bonds is 64. The highest BCUT2D eigenvalue weighted by Gasteiger charge is 2.64. The summed E-state index contributed by atoms with van der Waals surface area (Å²) in [6.45, 7) is 0.833. The van der Waals surface area contributed by atoms with Crippen molar-refractivity contribution >= 4 is 35.4 Å². The molecule has 5 rings (SSSR count). The lowest BCUT2D eigenvalue weighted by atomic mass is 9.86. The van der Waals surface area contributed by atoms with Crippen molar-refractivity contribution in [3.63, 3.8) is 0 Å². The van der Waals surface area contributed by atoms with Gasteiger partial charge in [0.05, 0.1) is 82.2 Å². The number of hydrogen-bond acceptors (Lipinski definition) is 32. The van der Waals surface area contributed by atoms with Gasteiger partial charge in [0.25, 0.3) is 11.6 Å². The Balaban J connectivity index is 1.38. The molecule has 37 heteroatoms. The van der Waals surface area contributed by atoms with Gasteiger partial charge in [-0.1, -0.05) is 226 Å². The fraction of sp³-hybridized carbons (Fsp3) is 0.929. The van der Waals surface area contributed by atoms with E-state index in [9.17, 15) is 121 Å². The Hall–Kier alpha value is -4.02. The molecule has 21 N–H and O–H groups in total. The minimum atomic E-state index is -3.57. The number of ketones is 1. The zero-order valence-electron chi connectivity index (χ0n) is 72.5. The number of carboxylic acids is 2. The second-order valence-corrected chi connectivity index (χ2v) is 34.3. The van der Waals surface area contributed by atoms with E-state index in [1.54, 1.807) is 0 Å². The largest absolute Gasteiger partial charge is 0.477 e. The normalized spacial score (nSPS) is 32.2. The summed E-state index contributed by atoms with van der Waals surface area (Å²) in [4.78, 5) is 79.4. The first-order valence-electron chi connectivity index (χ1n) is 45.3. The third kappa shape index (κ3) is 34.4. The maximum Gasteiger partial charge on any atom is 0.364 e. The molecular formula is C85H153N3O34. The van der Waals surface area contributed by atoms with E-state index in [0.29, 0.717) is 12.8 Å². The van der Waals surface area contributed by atoms with Crippen molar-refractivity contribution in [1.29, 1.82) is 0 Å². The number of Topliss-reactive ketones (excluding diaryl/α,β-unsaturated/α-hetero) is 1. The van der Waals surface area contributed by atoms with Gasteiger partial charge in [-0.2, -0.15) is 0 Å². The Kier molecular flexibility index (Phi) is 51.4. The number of amides is 3. The van der Waals surface area contributed by atoms with E-state index in [4.69, 9.17) is 47.4 Å². The van der Waals surface area contributed by atoms with Gasteiger partial charge in [-0.25, -0.2) is 9.59 Å². The van der Waals surface area contributed by atoms with Gasteiger partial charge in [0.2, 0.25) is 17.7 Å². The van der Waals surface area contributed by atoms with Gasteiger partial charge in [-0.3, -0.25) is 14.4 Å². The van der Waals surface area contributed by atoms with Crippen LogP contribution in [0.15, 0.2) is 0 Å². The third-order valence-corrected chi connectivity index (χ3v) is 24.1. The van der Waals surface area contributed by atoms with Crippen LogP contribution in [0.3, 0.4) is 0 Å². The lowest BCUT2D eigenvalue weighted by Gasteiger charge is -2.52. The molecule has 29 unspecified atom stereocenters. The van der Waals surface area contributed by atoms with Crippen LogP contribution in [0.25, 0.3) is 0 Å². The first-order chi connectivity index (χ1) is 58.3. The lowest BCUT2D eigenvalue weighted by molar-refractivity contribution is -0.404. The first-order valence-corrected chi connectivity index (χ1v) is 45.3. The molecule has 712 valence electrons. The topological polar surface area (TPSA) is 595 Å². The van der Waals surface area contributed by atoms with Crippen LogP contribution in [0.2, 0.25) is 0 Å². The maximum atomic E-state index is 14.2. The molecule has 3 amide bonds. The van der Waals surface area contributed by atoms with Crippen molar-refractivity contribution < 1.29 is 168 Å². The maximum absolute atomic E-state index is 14.2. The molecule has 37 nitrogen and oxygen atoms in total. The Morgan fingerprint density at radius 3 is 1.28 bits per heavy atom. The number of ether oxygens (including phenoxy) is 10. The molecule has 0 aromatic carbocycles. The van der Waals surface area contributed by atoms with Crippen LogP contribution < -0.4 is 16.0 Å². The summed E-state index contributed by atoms with van der Waals surface area (Å²) in [5, 5.41) is 211. The summed E-state index contributed by atoms with van der Waals surface area (Å²) in [5.74, 6) is -15.8. The van der Waals surface area contributed by atoms with E-state index in [-0.39, 0.29) is 18.7 Å². The number of aliphatic carboxylic acids is 2. The van der Waals surface area contributed by atoms with Crippen LogP contribution >= 0.6 is 0 Å². The van der Waals surface area contributed by atoms with Crippen LogP contribution in [0, 0.1) is 5.92 Å². The van der Waals surface area contributed by atoms with E-state index >= 15 is 0 Å². The molecule has 5 fully saturated rings. The van der Waals surface area contributed by atoms with Crippen LogP contribution in [0.4, 0.5) is 0 Å². The van der Waals surface area contributed by atoms with Gasteiger partial charge >= 0.3 is 11.9 Å². The van der Waals surface area contributed by atoms with E-state index in [1.165, 1.54) is 141 Å². The fourth-order valence-electron chi connectivity index (χ4n) is 17.0. The monoisotopic (exact) mass is 1760 g/mol. The lowest BCUT2D eigenvalue weighted by Crippen LogP contribution is -2.72. The summed E-state index contributed by atoms with van der Waals surface area (Å²) >= 11 is 0. The number of carboxylic acid groups (broad SMARTS) is 2. The average molecular weight is 1760 g/mol. The molecule has 122 heavy (non-hydrogen) atoms.